The van der Waals surface area contributed by atoms with Crippen molar-refractivity contribution in [3.05, 3.63) is 0 Å². The largest absolute Gasteiger partial charge is 0.483 e. The summed E-state index contributed by atoms with van der Waals surface area (Å²) in [4.78, 5) is 8.11. The summed E-state index contributed by atoms with van der Waals surface area (Å²) in [7, 11) is 0. The molecule has 0 radical (unpaired) electrons. The quantitative estimate of drug-likeness (QED) is 0.116. The van der Waals surface area contributed by atoms with E-state index < -0.39 is 18.5 Å². The van der Waals surface area contributed by atoms with E-state index in [1.54, 1.807) is 0 Å². The van der Waals surface area contributed by atoms with Crippen LogP contribution in [0, 0.1) is 0 Å². The zero-order chi connectivity index (χ0) is 24.9. The number of unbranched alkanes of at least 4 members (excludes halogenated alkanes) is 14. The van der Waals surface area contributed by atoms with Gasteiger partial charge in [0.05, 0.1) is 25.4 Å². The molecule has 0 aromatic heterocycles. The lowest BCUT2D eigenvalue weighted by atomic mass is 10.1. The van der Waals surface area contributed by atoms with E-state index in [-0.39, 0.29) is 13.2 Å². The number of carbonyl (C=O) groups excluding carboxylic acids is 1. The third-order valence-electron chi connectivity index (χ3n) is 5.20. The molecule has 0 saturated heterocycles. The summed E-state index contributed by atoms with van der Waals surface area (Å²) in [5.74, 6) is 0. The highest BCUT2D eigenvalue weighted by atomic mass is 19.3. The Morgan fingerprint density at radius 3 is 1.00 bits per heavy atom. The number of rotatable bonds is 20. The first-order valence-electron chi connectivity index (χ1n) is 12.8. The van der Waals surface area contributed by atoms with E-state index in [4.69, 9.17) is 25.2 Å². The highest BCUT2D eigenvalue weighted by Gasteiger charge is 2.01. The van der Waals surface area contributed by atoms with E-state index in [1.807, 2.05) is 0 Å². The summed E-state index contributed by atoms with van der Waals surface area (Å²) >= 11 is 0. The fraction of sp³-hybridized carbons (Fsp3) is 0.960. The molecule has 0 spiro atoms. The molecule has 0 aliphatic rings. The molecule has 7 heteroatoms. The van der Waals surface area contributed by atoms with Crippen molar-refractivity contribution < 1.29 is 34.0 Å². The normalized spacial score (nSPS) is 12.2. The molecule has 0 amide bonds. The van der Waals surface area contributed by atoms with Crippen LogP contribution in [0.25, 0.3) is 0 Å². The van der Waals surface area contributed by atoms with Crippen molar-refractivity contribution in [3.8, 4) is 0 Å². The molecule has 0 aromatic rings. The highest BCUT2D eigenvalue weighted by Crippen LogP contribution is 2.11. The van der Waals surface area contributed by atoms with Gasteiger partial charge in [-0.1, -0.05) is 117 Å². The van der Waals surface area contributed by atoms with Gasteiger partial charge in [-0.15, -0.1) is 8.78 Å². The maximum Gasteiger partial charge on any atom is 0.483 e. The Hall–Kier alpha value is -0.630. The van der Waals surface area contributed by atoms with Gasteiger partial charge in [0.15, 0.2) is 0 Å². The van der Waals surface area contributed by atoms with Gasteiger partial charge in [0, 0.05) is 0 Å². The second-order valence-electron chi connectivity index (χ2n) is 8.43. The van der Waals surface area contributed by atoms with Crippen LogP contribution in [0.5, 0.6) is 0 Å². The van der Waals surface area contributed by atoms with Gasteiger partial charge in [0.1, 0.15) is 0 Å². The summed E-state index contributed by atoms with van der Waals surface area (Å²) in [6.07, 6.45) is 18.2. The first-order chi connectivity index (χ1) is 15.3. The summed E-state index contributed by atoms with van der Waals surface area (Å²) in [5.41, 5.74) is 0. The second-order valence-corrected chi connectivity index (χ2v) is 8.43. The fourth-order valence-corrected chi connectivity index (χ4v) is 3.21. The molecule has 0 aromatic carbocycles. The van der Waals surface area contributed by atoms with E-state index in [0.717, 1.165) is 25.7 Å². The Morgan fingerprint density at radius 1 is 0.562 bits per heavy atom. The minimum Gasteiger partial charge on any atom is -0.394 e. The molecular weight excluding hydrogens is 418 g/mol. The number of hydrogen-bond acceptors (Lipinski definition) is 5. The van der Waals surface area contributed by atoms with E-state index >= 15 is 0 Å². The molecule has 2 atom stereocenters. The molecule has 0 aliphatic heterocycles. The molecule has 2 unspecified atom stereocenters. The lowest BCUT2D eigenvalue weighted by Crippen LogP contribution is -2.10. The number of halogens is 2. The van der Waals surface area contributed by atoms with Crippen LogP contribution in [0.1, 0.15) is 129 Å². The second kappa shape index (κ2) is 32.5. The predicted octanol–water partition coefficient (Wildman–Crippen LogP) is 6.79. The third-order valence-corrected chi connectivity index (χ3v) is 5.20. The SMILES string of the molecule is CCCCCCCCCCC(O)CO.CCCCCCCCCCC(O)CO.O=C(F)F. The monoisotopic (exact) mass is 470 g/mol. The minimum absolute atomic E-state index is 0.0868. The Labute approximate surface area is 195 Å². The van der Waals surface area contributed by atoms with Crippen molar-refractivity contribution in [2.45, 2.75) is 142 Å². The fourth-order valence-electron chi connectivity index (χ4n) is 3.21. The first-order valence-corrected chi connectivity index (χ1v) is 12.8. The molecular formula is C25H52F2O5. The summed E-state index contributed by atoms with van der Waals surface area (Å²) < 4.78 is 19.4. The molecule has 0 heterocycles. The molecule has 0 aliphatic carbocycles. The maximum atomic E-state index is 9.69. The molecule has 32 heavy (non-hydrogen) atoms. The van der Waals surface area contributed by atoms with Crippen LogP contribution in [0.2, 0.25) is 0 Å². The van der Waals surface area contributed by atoms with Gasteiger partial charge in [0.25, 0.3) is 0 Å². The van der Waals surface area contributed by atoms with Gasteiger partial charge in [-0.2, -0.15) is 0 Å². The standard InChI is InChI=1S/2C12H26O2.CF2O/c2*1-2-3-4-5-6-7-8-9-10-12(14)11-13;2-1(3)4/h2*12-14H,2-11H2,1H3;. The Kier molecular flexibility index (Phi) is 36.6. The molecule has 196 valence electrons. The average molecular weight is 471 g/mol. The summed E-state index contributed by atoms with van der Waals surface area (Å²) in [5, 5.41) is 35.3. The number of aliphatic hydroxyl groups excluding tert-OH is 4. The zero-order valence-corrected chi connectivity index (χ0v) is 20.7. The van der Waals surface area contributed by atoms with Gasteiger partial charge in [-0.3, -0.25) is 0 Å². The van der Waals surface area contributed by atoms with E-state index in [9.17, 15) is 8.78 Å². The molecule has 5 nitrogen and oxygen atoms in total. The predicted molar refractivity (Wildman–Crippen MR) is 128 cm³/mol. The minimum atomic E-state index is -2.83. The van der Waals surface area contributed by atoms with Gasteiger partial charge in [-0.05, 0) is 12.8 Å². The van der Waals surface area contributed by atoms with Gasteiger partial charge in [0.2, 0.25) is 0 Å². The van der Waals surface area contributed by atoms with Crippen LogP contribution >= 0.6 is 0 Å². The zero-order valence-electron chi connectivity index (χ0n) is 20.7. The van der Waals surface area contributed by atoms with Crippen molar-refractivity contribution in [3.63, 3.8) is 0 Å². The van der Waals surface area contributed by atoms with Crippen LogP contribution in [0.4, 0.5) is 13.6 Å². The van der Waals surface area contributed by atoms with Gasteiger partial charge < -0.3 is 20.4 Å². The van der Waals surface area contributed by atoms with Crippen LogP contribution in [0.3, 0.4) is 0 Å². The Bertz CT molecular complexity index is 316. The molecule has 0 fully saturated rings. The molecule has 0 saturated carbocycles. The highest BCUT2D eigenvalue weighted by molar-refractivity contribution is 5.55. The van der Waals surface area contributed by atoms with Crippen molar-refractivity contribution in [1.29, 1.82) is 0 Å². The van der Waals surface area contributed by atoms with Crippen molar-refractivity contribution in [1.82, 2.24) is 0 Å². The Morgan fingerprint density at radius 2 is 0.781 bits per heavy atom. The molecule has 0 rings (SSSR count). The summed E-state index contributed by atoms with van der Waals surface area (Å²) in [6.45, 7) is 4.29. The van der Waals surface area contributed by atoms with Crippen LogP contribution in [0.15, 0.2) is 0 Å². The van der Waals surface area contributed by atoms with E-state index in [0.29, 0.717) is 0 Å². The lowest BCUT2D eigenvalue weighted by molar-refractivity contribution is 0.0859. The lowest BCUT2D eigenvalue weighted by Gasteiger charge is -2.06. The summed E-state index contributed by atoms with van der Waals surface area (Å²) in [6, 6.07) is 0. The van der Waals surface area contributed by atoms with E-state index in [2.05, 4.69) is 13.8 Å². The van der Waals surface area contributed by atoms with Gasteiger partial charge in [-0.25, -0.2) is 4.79 Å². The van der Waals surface area contributed by atoms with Crippen LogP contribution in [-0.4, -0.2) is 52.1 Å². The smallest absolute Gasteiger partial charge is 0.394 e. The number of carbonyl (C=O) groups is 1. The topological polar surface area (TPSA) is 98.0 Å². The van der Waals surface area contributed by atoms with E-state index in [1.165, 1.54) is 89.9 Å². The van der Waals surface area contributed by atoms with Crippen molar-refractivity contribution in [2.75, 3.05) is 13.2 Å². The number of aliphatic hydroxyl groups is 4. The van der Waals surface area contributed by atoms with Crippen LogP contribution in [-0.2, 0) is 0 Å². The first kappa shape index (κ1) is 35.9. The number of hydrogen-bond donors (Lipinski definition) is 4. The molecule has 4 N–H and O–H groups in total. The third kappa shape index (κ3) is 43.3. The van der Waals surface area contributed by atoms with Crippen molar-refractivity contribution in [2.24, 2.45) is 0 Å². The van der Waals surface area contributed by atoms with Gasteiger partial charge >= 0.3 is 6.29 Å². The van der Waals surface area contributed by atoms with Crippen LogP contribution < -0.4 is 0 Å². The maximum absolute atomic E-state index is 9.69. The van der Waals surface area contributed by atoms with Crippen molar-refractivity contribution >= 4 is 6.29 Å². The molecule has 0 bridgehead atoms. The average Bonchev–Trinajstić information content (AvgIpc) is 2.77. The Balaban J connectivity index is -0.000000450.